The van der Waals surface area contributed by atoms with Crippen LogP contribution in [0.2, 0.25) is 0 Å². The third kappa shape index (κ3) is 4.47. The van der Waals surface area contributed by atoms with E-state index in [1.165, 1.54) is 30.3 Å². The van der Waals surface area contributed by atoms with Crippen LogP contribution in [0.1, 0.15) is 64.7 Å². The van der Waals surface area contributed by atoms with E-state index in [9.17, 15) is 13.6 Å². The van der Waals surface area contributed by atoms with E-state index in [4.69, 9.17) is 4.74 Å². The molecule has 1 aliphatic rings. The molecule has 3 aromatic rings. The van der Waals surface area contributed by atoms with E-state index in [0.29, 0.717) is 31.2 Å². The first-order valence-electron chi connectivity index (χ1n) is 11.3. The van der Waals surface area contributed by atoms with E-state index >= 15 is 13.2 Å². The number of carbonyl (C=O) groups is 1. The van der Waals surface area contributed by atoms with Crippen molar-refractivity contribution in [3.8, 4) is 16.9 Å². The quantitative estimate of drug-likeness (QED) is 0.146. The first kappa shape index (κ1) is 24.6. The molecule has 0 N–H and O–H groups in total. The zero-order valence-corrected chi connectivity index (χ0v) is 19.0. The van der Waals surface area contributed by atoms with Gasteiger partial charge in [-0.15, -0.1) is 6.58 Å². The van der Waals surface area contributed by atoms with E-state index < -0.39 is 58.2 Å². The van der Waals surface area contributed by atoms with Gasteiger partial charge in [-0.3, -0.25) is 0 Å². The Bertz CT molecular complexity index is 1300. The van der Waals surface area contributed by atoms with Gasteiger partial charge in [-0.2, -0.15) is 0 Å². The molecule has 1 aliphatic carbocycles. The Morgan fingerprint density at radius 1 is 0.943 bits per heavy atom. The van der Waals surface area contributed by atoms with Crippen molar-refractivity contribution in [2.45, 2.75) is 45.0 Å². The van der Waals surface area contributed by atoms with E-state index in [1.807, 2.05) is 6.92 Å². The molecule has 0 saturated carbocycles. The average Bonchev–Trinajstić information content (AvgIpc) is 2.83. The predicted octanol–water partition coefficient (Wildman–Crippen LogP) is 8.10. The Morgan fingerprint density at radius 3 is 2.23 bits per heavy atom. The molecular formula is C28H23F5O2. The summed E-state index contributed by atoms with van der Waals surface area (Å²) in [5.41, 5.74) is -0.937. The lowest BCUT2D eigenvalue weighted by molar-refractivity contribution is 0.0721. The normalized spacial score (nSPS) is 16.4. The Labute approximate surface area is 200 Å². The number of fused-ring (bicyclic) bond motifs is 3. The number of benzene rings is 3. The molecule has 3 aromatic carbocycles. The van der Waals surface area contributed by atoms with Crippen LogP contribution in [0.5, 0.6) is 5.75 Å². The lowest BCUT2D eigenvalue weighted by atomic mass is 9.80. The second kappa shape index (κ2) is 10.0. The van der Waals surface area contributed by atoms with Gasteiger partial charge in [-0.25, -0.2) is 26.7 Å². The summed E-state index contributed by atoms with van der Waals surface area (Å²) in [5, 5.41) is 0. The van der Waals surface area contributed by atoms with Crippen LogP contribution in [0, 0.1) is 17.5 Å². The molecule has 0 heterocycles. The van der Waals surface area contributed by atoms with Gasteiger partial charge in [0.2, 0.25) is 0 Å². The lowest BCUT2D eigenvalue weighted by Crippen LogP contribution is -2.19. The standard InChI is InChI=1S/C28H23F5O2/c1-3-5-7-15-8-13-21(20(29)14-15)35-28(34)19-12-11-18-17-10-9-16(6-4-2)24(30)22(17)26(32)27(33)23(18)25(19)31/h3,8-14,26-27H,1,4-7H2,2H3. The van der Waals surface area contributed by atoms with Crippen LogP contribution in [0.3, 0.4) is 0 Å². The number of aryl methyl sites for hydroxylation is 2. The van der Waals surface area contributed by atoms with Crippen LogP contribution in [0.25, 0.3) is 11.1 Å². The summed E-state index contributed by atoms with van der Waals surface area (Å²) in [6.07, 6.45) is -1.17. The molecule has 0 saturated heterocycles. The largest absolute Gasteiger partial charge is 0.420 e. The minimum Gasteiger partial charge on any atom is -0.420 e. The van der Waals surface area contributed by atoms with Crippen molar-refractivity contribution in [1.29, 1.82) is 0 Å². The zero-order chi connectivity index (χ0) is 25.3. The van der Waals surface area contributed by atoms with Gasteiger partial charge < -0.3 is 4.74 Å². The molecule has 0 fully saturated rings. The molecule has 2 atom stereocenters. The van der Waals surface area contributed by atoms with Gasteiger partial charge >= 0.3 is 5.97 Å². The summed E-state index contributed by atoms with van der Waals surface area (Å²) in [6, 6.07) is 9.15. The zero-order valence-electron chi connectivity index (χ0n) is 19.0. The number of hydrogen-bond acceptors (Lipinski definition) is 2. The van der Waals surface area contributed by atoms with Gasteiger partial charge in [-0.05, 0) is 59.7 Å². The molecule has 0 spiro atoms. The third-order valence-electron chi connectivity index (χ3n) is 6.11. The Morgan fingerprint density at radius 2 is 1.60 bits per heavy atom. The van der Waals surface area contributed by atoms with Crippen molar-refractivity contribution in [1.82, 2.24) is 0 Å². The monoisotopic (exact) mass is 486 g/mol. The highest BCUT2D eigenvalue weighted by Crippen LogP contribution is 2.51. The molecule has 7 heteroatoms. The number of carbonyl (C=O) groups excluding carboxylic acids is 1. The number of ether oxygens (including phenoxy) is 1. The summed E-state index contributed by atoms with van der Waals surface area (Å²) in [4.78, 5) is 12.6. The summed E-state index contributed by atoms with van der Waals surface area (Å²) in [5.74, 6) is -4.68. The smallest absolute Gasteiger partial charge is 0.346 e. The second-order valence-corrected chi connectivity index (χ2v) is 8.42. The maximum Gasteiger partial charge on any atom is 0.346 e. The van der Waals surface area contributed by atoms with Crippen LogP contribution >= 0.6 is 0 Å². The molecule has 2 unspecified atom stereocenters. The van der Waals surface area contributed by atoms with Crippen molar-refractivity contribution >= 4 is 5.97 Å². The fourth-order valence-corrected chi connectivity index (χ4v) is 4.36. The van der Waals surface area contributed by atoms with Gasteiger partial charge in [0, 0.05) is 11.1 Å². The van der Waals surface area contributed by atoms with Crippen LogP contribution in [-0.2, 0) is 12.8 Å². The first-order valence-corrected chi connectivity index (χ1v) is 11.3. The Balaban J connectivity index is 1.69. The highest BCUT2D eigenvalue weighted by Gasteiger charge is 2.40. The van der Waals surface area contributed by atoms with Crippen molar-refractivity contribution < 1.29 is 31.5 Å². The van der Waals surface area contributed by atoms with Crippen molar-refractivity contribution in [2.24, 2.45) is 0 Å². The molecule has 0 aromatic heterocycles. The van der Waals surface area contributed by atoms with E-state index in [1.54, 1.807) is 12.1 Å². The van der Waals surface area contributed by atoms with Crippen molar-refractivity contribution in [2.75, 3.05) is 0 Å². The summed E-state index contributed by atoms with van der Waals surface area (Å²) in [6.45, 7) is 5.43. The van der Waals surface area contributed by atoms with Crippen LogP contribution < -0.4 is 4.74 Å². The maximum absolute atomic E-state index is 15.3. The van der Waals surface area contributed by atoms with Gasteiger partial charge in [0.05, 0.1) is 5.56 Å². The Hall–Kier alpha value is -3.48. The topological polar surface area (TPSA) is 26.3 Å². The van der Waals surface area contributed by atoms with Crippen LogP contribution in [-0.4, -0.2) is 5.97 Å². The molecule has 182 valence electrons. The van der Waals surface area contributed by atoms with E-state index in [0.717, 1.165) is 6.07 Å². The molecule has 0 bridgehead atoms. The van der Waals surface area contributed by atoms with E-state index in [-0.39, 0.29) is 16.7 Å². The SMILES string of the molecule is C=CCCc1ccc(OC(=O)c2ccc3c(c2F)C(F)C(F)c2c-3ccc(CCC)c2F)c(F)c1. The second-order valence-electron chi connectivity index (χ2n) is 8.42. The molecule has 4 rings (SSSR count). The minimum atomic E-state index is -2.53. The average molecular weight is 486 g/mol. The predicted molar refractivity (Wildman–Crippen MR) is 123 cm³/mol. The van der Waals surface area contributed by atoms with E-state index in [2.05, 4.69) is 6.58 Å². The highest BCUT2D eigenvalue weighted by atomic mass is 19.2. The molecule has 0 radical (unpaired) electrons. The number of halogens is 5. The summed E-state index contributed by atoms with van der Waals surface area (Å²) >= 11 is 0. The highest BCUT2D eigenvalue weighted by molar-refractivity contribution is 5.93. The van der Waals surface area contributed by atoms with Crippen LogP contribution in [0.4, 0.5) is 22.0 Å². The molecule has 35 heavy (non-hydrogen) atoms. The van der Waals surface area contributed by atoms with Gasteiger partial charge in [-0.1, -0.05) is 43.7 Å². The summed E-state index contributed by atoms with van der Waals surface area (Å²) in [7, 11) is 0. The number of allylic oxidation sites excluding steroid dienone is 1. The van der Waals surface area contributed by atoms with Gasteiger partial charge in [0.15, 0.2) is 23.9 Å². The lowest BCUT2D eigenvalue weighted by Gasteiger charge is -2.28. The third-order valence-corrected chi connectivity index (χ3v) is 6.11. The fourth-order valence-electron chi connectivity index (χ4n) is 4.36. The Kier molecular flexibility index (Phi) is 7.05. The molecule has 0 amide bonds. The van der Waals surface area contributed by atoms with Crippen molar-refractivity contribution in [3.63, 3.8) is 0 Å². The van der Waals surface area contributed by atoms with Crippen molar-refractivity contribution in [3.05, 3.63) is 100 Å². The van der Waals surface area contributed by atoms with Gasteiger partial charge in [0.1, 0.15) is 11.6 Å². The number of alkyl halides is 2. The molecular weight excluding hydrogens is 463 g/mol. The number of esters is 1. The van der Waals surface area contributed by atoms with Crippen LogP contribution in [0.15, 0.2) is 55.1 Å². The fraction of sp³-hybridized carbons (Fsp3) is 0.250. The molecule has 0 aliphatic heterocycles. The number of rotatable bonds is 7. The first-order chi connectivity index (χ1) is 16.8. The number of hydrogen-bond donors (Lipinski definition) is 0. The summed E-state index contributed by atoms with van der Waals surface area (Å²) < 4.78 is 79.8. The van der Waals surface area contributed by atoms with Gasteiger partial charge in [0.25, 0.3) is 0 Å². The molecule has 2 nitrogen and oxygen atoms in total. The minimum absolute atomic E-state index is 0.0266. The maximum atomic E-state index is 15.3.